The van der Waals surface area contributed by atoms with E-state index in [-0.39, 0.29) is 18.3 Å². The summed E-state index contributed by atoms with van der Waals surface area (Å²) in [6.07, 6.45) is 0. The third-order valence-electron chi connectivity index (χ3n) is 3.61. The molecule has 7 heteroatoms. The van der Waals surface area contributed by atoms with Gasteiger partial charge in [0.1, 0.15) is 0 Å². The standard InChI is InChI=1S/C17H15Cl4NO2/c1-8-11(18)5-4-6-12(8)22-13(23)7-24-17-15(20)9(2)14(19)10(3)16(17)21/h4-6H,7H2,1-3H3,(H,22,23). The van der Waals surface area contributed by atoms with E-state index in [0.717, 1.165) is 5.56 Å². The maximum atomic E-state index is 12.1. The largest absolute Gasteiger partial charge is 0.481 e. The van der Waals surface area contributed by atoms with E-state index in [1.165, 1.54) is 0 Å². The quantitative estimate of drug-likeness (QED) is 0.652. The Hall–Kier alpha value is -1.13. The second kappa shape index (κ2) is 7.83. The summed E-state index contributed by atoms with van der Waals surface area (Å²) in [5, 5.41) is 4.38. The highest BCUT2D eigenvalue weighted by Crippen LogP contribution is 2.42. The Morgan fingerprint density at radius 3 is 2.12 bits per heavy atom. The Labute approximate surface area is 160 Å². The fourth-order valence-electron chi connectivity index (χ4n) is 2.10. The lowest BCUT2D eigenvalue weighted by Gasteiger charge is -2.16. The van der Waals surface area contributed by atoms with Crippen LogP contribution in [-0.2, 0) is 4.79 Å². The van der Waals surface area contributed by atoms with E-state index in [1.54, 1.807) is 32.0 Å². The lowest BCUT2D eigenvalue weighted by atomic mass is 10.1. The van der Waals surface area contributed by atoms with Crippen molar-refractivity contribution in [1.29, 1.82) is 0 Å². The Bertz CT molecular complexity index is 777. The maximum Gasteiger partial charge on any atom is 0.262 e. The van der Waals surface area contributed by atoms with E-state index in [0.29, 0.717) is 36.9 Å². The van der Waals surface area contributed by atoms with Crippen LogP contribution in [0.25, 0.3) is 0 Å². The monoisotopic (exact) mass is 405 g/mol. The topological polar surface area (TPSA) is 38.3 Å². The first-order valence-corrected chi connectivity index (χ1v) is 8.56. The molecule has 0 radical (unpaired) electrons. The molecule has 0 heterocycles. The summed E-state index contributed by atoms with van der Waals surface area (Å²) in [6.45, 7) is 5.09. The first kappa shape index (κ1) is 19.2. The maximum absolute atomic E-state index is 12.1. The minimum Gasteiger partial charge on any atom is -0.481 e. The van der Waals surface area contributed by atoms with Gasteiger partial charge in [0.15, 0.2) is 12.4 Å². The van der Waals surface area contributed by atoms with Gasteiger partial charge >= 0.3 is 0 Å². The molecule has 1 N–H and O–H groups in total. The number of ether oxygens (including phenoxy) is 1. The number of carbonyl (C=O) groups excluding carboxylic acids is 1. The molecule has 0 fully saturated rings. The molecule has 0 atom stereocenters. The first-order valence-electron chi connectivity index (χ1n) is 7.05. The van der Waals surface area contributed by atoms with Crippen LogP contribution in [0.3, 0.4) is 0 Å². The SMILES string of the molecule is Cc1c(Cl)cccc1NC(=O)COc1c(Cl)c(C)c(Cl)c(C)c1Cl. The van der Waals surface area contributed by atoms with Gasteiger partial charge in [-0.25, -0.2) is 0 Å². The molecule has 24 heavy (non-hydrogen) atoms. The Kier molecular flexibility index (Phi) is 6.27. The number of halogens is 4. The number of anilines is 1. The molecule has 0 saturated heterocycles. The van der Waals surface area contributed by atoms with Gasteiger partial charge in [-0.1, -0.05) is 52.5 Å². The molecule has 0 aliphatic rings. The number of hydrogen-bond acceptors (Lipinski definition) is 2. The fraction of sp³-hybridized carbons (Fsp3) is 0.235. The van der Waals surface area contributed by atoms with Gasteiger partial charge in [-0.05, 0) is 49.6 Å². The summed E-state index contributed by atoms with van der Waals surface area (Å²) in [6, 6.07) is 5.27. The van der Waals surface area contributed by atoms with Crippen LogP contribution < -0.4 is 10.1 Å². The van der Waals surface area contributed by atoms with Crippen LogP contribution in [-0.4, -0.2) is 12.5 Å². The highest BCUT2D eigenvalue weighted by Gasteiger charge is 2.19. The summed E-state index contributed by atoms with van der Waals surface area (Å²) < 4.78 is 5.52. The van der Waals surface area contributed by atoms with Crippen molar-refractivity contribution in [3.8, 4) is 5.75 Å². The van der Waals surface area contributed by atoms with E-state index in [4.69, 9.17) is 51.1 Å². The summed E-state index contributed by atoms with van der Waals surface area (Å²) in [4.78, 5) is 12.1. The predicted molar refractivity (Wildman–Crippen MR) is 101 cm³/mol. The van der Waals surface area contributed by atoms with E-state index >= 15 is 0 Å². The minimum atomic E-state index is -0.349. The summed E-state index contributed by atoms with van der Waals surface area (Å²) in [5.74, 6) is -0.103. The second-order valence-electron chi connectivity index (χ2n) is 5.27. The zero-order valence-corrected chi connectivity index (χ0v) is 16.3. The van der Waals surface area contributed by atoms with Crippen molar-refractivity contribution in [2.75, 3.05) is 11.9 Å². The third kappa shape index (κ3) is 3.92. The number of carbonyl (C=O) groups is 1. The lowest BCUT2D eigenvalue weighted by Crippen LogP contribution is -2.21. The highest BCUT2D eigenvalue weighted by atomic mass is 35.5. The molecule has 2 aromatic rings. The van der Waals surface area contributed by atoms with E-state index in [9.17, 15) is 4.79 Å². The van der Waals surface area contributed by atoms with Gasteiger partial charge in [-0.15, -0.1) is 0 Å². The van der Waals surface area contributed by atoms with E-state index in [2.05, 4.69) is 5.32 Å². The molecule has 2 rings (SSSR count). The lowest BCUT2D eigenvalue weighted by molar-refractivity contribution is -0.118. The molecule has 0 saturated carbocycles. The zero-order valence-electron chi connectivity index (χ0n) is 13.3. The van der Waals surface area contributed by atoms with Crippen molar-refractivity contribution < 1.29 is 9.53 Å². The van der Waals surface area contributed by atoms with Crippen LogP contribution in [0.5, 0.6) is 5.75 Å². The van der Waals surface area contributed by atoms with Crippen molar-refractivity contribution in [3.63, 3.8) is 0 Å². The van der Waals surface area contributed by atoms with Crippen LogP contribution in [0, 0.1) is 20.8 Å². The predicted octanol–water partition coefficient (Wildman–Crippen LogP) is 6.24. The molecule has 1 amide bonds. The van der Waals surface area contributed by atoms with Crippen molar-refractivity contribution in [2.45, 2.75) is 20.8 Å². The Morgan fingerprint density at radius 1 is 0.958 bits per heavy atom. The summed E-state index contributed by atoms with van der Waals surface area (Å²) in [7, 11) is 0. The van der Waals surface area contributed by atoms with Crippen molar-refractivity contribution in [1.82, 2.24) is 0 Å². The van der Waals surface area contributed by atoms with Gasteiger partial charge in [0.05, 0.1) is 10.0 Å². The molecule has 128 valence electrons. The number of hydrogen-bond donors (Lipinski definition) is 1. The average molecular weight is 407 g/mol. The Morgan fingerprint density at radius 2 is 1.54 bits per heavy atom. The normalized spacial score (nSPS) is 10.6. The average Bonchev–Trinajstić information content (AvgIpc) is 2.55. The molecular weight excluding hydrogens is 392 g/mol. The number of benzene rings is 2. The number of rotatable bonds is 4. The second-order valence-corrected chi connectivity index (χ2v) is 6.81. The van der Waals surface area contributed by atoms with Crippen LogP contribution in [0.4, 0.5) is 5.69 Å². The zero-order chi connectivity index (χ0) is 18.0. The molecule has 2 aromatic carbocycles. The molecular formula is C17H15Cl4NO2. The number of nitrogens with one attached hydrogen (secondary N) is 1. The van der Waals surface area contributed by atoms with Crippen LogP contribution in [0.15, 0.2) is 18.2 Å². The van der Waals surface area contributed by atoms with Crippen molar-refractivity contribution in [3.05, 3.63) is 55.0 Å². The van der Waals surface area contributed by atoms with Crippen molar-refractivity contribution in [2.24, 2.45) is 0 Å². The van der Waals surface area contributed by atoms with Gasteiger partial charge in [-0.3, -0.25) is 4.79 Å². The van der Waals surface area contributed by atoms with Crippen molar-refractivity contribution >= 4 is 58.0 Å². The molecule has 0 spiro atoms. The minimum absolute atomic E-state index is 0.244. The molecule has 0 aromatic heterocycles. The summed E-state index contributed by atoms with van der Waals surface area (Å²) >= 11 is 24.6. The molecule has 0 aliphatic carbocycles. The van der Waals surface area contributed by atoms with Gasteiger partial charge < -0.3 is 10.1 Å². The van der Waals surface area contributed by atoms with Gasteiger partial charge in [0, 0.05) is 15.7 Å². The molecule has 0 unspecified atom stereocenters. The molecule has 0 aliphatic heterocycles. The number of amides is 1. The van der Waals surface area contributed by atoms with Crippen LogP contribution >= 0.6 is 46.4 Å². The summed E-state index contributed by atoms with van der Waals surface area (Å²) in [5.41, 5.74) is 2.71. The molecule has 0 bridgehead atoms. The Balaban J connectivity index is 2.14. The van der Waals surface area contributed by atoms with Crippen LogP contribution in [0.1, 0.15) is 16.7 Å². The van der Waals surface area contributed by atoms with Gasteiger partial charge in [0.25, 0.3) is 5.91 Å². The molecule has 3 nitrogen and oxygen atoms in total. The smallest absolute Gasteiger partial charge is 0.262 e. The van der Waals surface area contributed by atoms with Gasteiger partial charge in [-0.2, -0.15) is 0 Å². The van der Waals surface area contributed by atoms with Gasteiger partial charge in [0.2, 0.25) is 0 Å². The van der Waals surface area contributed by atoms with E-state index < -0.39 is 0 Å². The van der Waals surface area contributed by atoms with Crippen LogP contribution in [0.2, 0.25) is 20.1 Å². The highest BCUT2D eigenvalue weighted by molar-refractivity contribution is 6.42. The third-order valence-corrected chi connectivity index (χ3v) is 5.49. The fourth-order valence-corrected chi connectivity index (χ4v) is 3.10. The van der Waals surface area contributed by atoms with E-state index in [1.807, 2.05) is 6.92 Å². The first-order chi connectivity index (χ1) is 11.2.